The van der Waals surface area contributed by atoms with Crippen LogP contribution in [-0.4, -0.2) is 34.6 Å². The zero-order valence-corrected chi connectivity index (χ0v) is 8.59. The molecule has 0 rings (SSSR count). The van der Waals surface area contributed by atoms with Gasteiger partial charge in [0.05, 0.1) is 0 Å². The van der Waals surface area contributed by atoms with Crippen molar-refractivity contribution in [3.8, 4) is 0 Å². The van der Waals surface area contributed by atoms with Crippen molar-refractivity contribution in [2.24, 2.45) is 0 Å². The zero-order valence-electron chi connectivity index (χ0n) is 8.59. The summed E-state index contributed by atoms with van der Waals surface area (Å²) in [5.41, 5.74) is -1.25. The first-order chi connectivity index (χ1) is 5.30. The van der Waals surface area contributed by atoms with Gasteiger partial charge in [-0.2, -0.15) is 0 Å². The average molecular weight is 173 g/mol. The zero-order chi connectivity index (χ0) is 9.94. The molecule has 0 saturated heterocycles. The maximum atomic E-state index is 11.4. The van der Waals surface area contributed by atoms with Gasteiger partial charge in [-0.25, -0.2) is 0 Å². The van der Waals surface area contributed by atoms with E-state index in [9.17, 15) is 9.90 Å². The predicted octanol–water partition coefficient (Wildman–Crippen LogP) is 1.01. The number of likely N-dealkylation sites (N-methyl/N-ethyl adjacent to an activating group) is 1. The second-order valence-corrected chi connectivity index (χ2v) is 3.73. The summed E-state index contributed by atoms with van der Waals surface area (Å²) in [7, 11) is 1.72. The number of rotatable bonds is 3. The lowest BCUT2D eigenvalue weighted by Crippen LogP contribution is -2.46. The minimum atomic E-state index is -1.25. The highest BCUT2D eigenvalue weighted by atomic mass is 16.3. The molecule has 12 heavy (non-hydrogen) atoms. The molecule has 0 aromatic carbocycles. The third-order valence-electron chi connectivity index (χ3n) is 2.10. The molecule has 0 bridgehead atoms. The molecule has 0 aliphatic rings. The Hall–Kier alpha value is -0.570. The Labute approximate surface area is 74.4 Å². The lowest BCUT2D eigenvalue weighted by molar-refractivity contribution is -0.148. The maximum absolute atomic E-state index is 11.4. The van der Waals surface area contributed by atoms with E-state index in [0.717, 1.165) is 6.42 Å². The van der Waals surface area contributed by atoms with E-state index >= 15 is 0 Å². The standard InChI is InChI=1S/C9H19NO2/c1-6-7(2)10(5)8(11)9(3,4)12/h7,12H,6H2,1-5H3. The Balaban J connectivity index is 4.30. The summed E-state index contributed by atoms with van der Waals surface area (Å²) in [6, 6.07) is 0.184. The van der Waals surface area contributed by atoms with Crippen molar-refractivity contribution < 1.29 is 9.90 Å². The fraction of sp³-hybridized carbons (Fsp3) is 0.889. The van der Waals surface area contributed by atoms with Crippen LogP contribution in [0.5, 0.6) is 0 Å². The van der Waals surface area contributed by atoms with Crippen molar-refractivity contribution in [1.29, 1.82) is 0 Å². The molecular weight excluding hydrogens is 154 g/mol. The van der Waals surface area contributed by atoms with E-state index < -0.39 is 5.60 Å². The minimum Gasteiger partial charge on any atom is -0.381 e. The summed E-state index contributed by atoms with van der Waals surface area (Å²) in [5, 5.41) is 9.41. The molecule has 3 heteroatoms. The third-order valence-corrected chi connectivity index (χ3v) is 2.10. The summed E-state index contributed by atoms with van der Waals surface area (Å²) >= 11 is 0. The number of nitrogens with zero attached hydrogens (tertiary/aromatic N) is 1. The molecule has 1 N–H and O–H groups in total. The minimum absolute atomic E-state index is 0.184. The van der Waals surface area contributed by atoms with Crippen molar-refractivity contribution >= 4 is 5.91 Å². The number of aliphatic hydroxyl groups is 1. The largest absolute Gasteiger partial charge is 0.381 e. The van der Waals surface area contributed by atoms with Gasteiger partial charge in [0.15, 0.2) is 0 Å². The van der Waals surface area contributed by atoms with E-state index in [1.807, 2.05) is 13.8 Å². The van der Waals surface area contributed by atoms with E-state index in [1.165, 1.54) is 13.8 Å². The van der Waals surface area contributed by atoms with Crippen LogP contribution >= 0.6 is 0 Å². The van der Waals surface area contributed by atoms with E-state index in [2.05, 4.69) is 0 Å². The molecule has 1 unspecified atom stereocenters. The Bertz CT molecular complexity index is 160. The van der Waals surface area contributed by atoms with Gasteiger partial charge in [0.1, 0.15) is 5.60 Å². The SMILES string of the molecule is CCC(C)N(C)C(=O)C(C)(C)O. The smallest absolute Gasteiger partial charge is 0.253 e. The van der Waals surface area contributed by atoms with Gasteiger partial charge in [0.25, 0.3) is 5.91 Å². The van der Waals surface area contributed by atoms with Gasteiger partial charge in [-0.15, -0.1) is 0 Å². The van der Waals surface area contributed by atoms with Crippen LogP contribution in [-0.2, 0) is 4.79 Å². The summed E-state index contributed by atoms with van der Waals surface area (Å²) < 4.78 is 0. The van der Waals surface area contributed by atoms with Gasteiger partial charge in [-0.3, -0.25) is 4.79 Å². The molecule has 3 nitrogen and oxygen atoms in total. The van der Waals surface area contributed by atoms with E-state index in [4.69, 9.17) is 0 Å². The first kappa shape index (κ1) is 11.4. The quantitative estimate of drug-likeness (QED) is 0.692. The van der Waals surface area contributed by atoms with Gasteiger partial charge in [-0.05, 0) is 27.2 Å². The molecule has 1 amide bonds. The maximum Gasteiger partial charge on any atom is 0.253 e. The molecule has 1 atom stereocenters. The monoisotopic (exact) mass is 173 g/mol. The first-order valence-corrected chi connectivity index (χ1v) is 4.30. The molecule has 0 aliphatic carbocycles. The van der Waals surface area contributed by atoms with Crippen LogP contribution in [0.1, 0.15) is 34.1 Å². The second kappa shape index (κ2) is 3.90. The van der Waals surface area contributed by atoms with Crippen LogP contribution in [0.25, 0.3) is 0 Å². The summed E-state index contributed by atoms with van der Waals surface area (Å²) in [4.78, 5) is 13.0. The summed E-state index contributed by atoms with van der Waals surface area (Å²) in [6.45, 7) is 6.99. The first-order valence-electron chi connectivity index (χ1n) is 4.30. The molecule has 72 valence electrons. The van der Waals surface area contributed by atoms with Crippen molar-refractivity contribution in [3.05, 3.63) is 0 Å². The van der Waals surface area contributed by atoms with Crippen molar-refractivity contribution in [2.75, 3.05) is 7.05 Å². The lowest BCUT2D eigenvalue weighted by Gasteiger charge is -2.29. The number of amides is 1. The predicted molar refractivity (Wildman–Crippen MR) is 48.8 cm³/mol. The van der Waals surface area contributed by atoms with Crippen LogP contribution in [0.2, 0.25) is 0 Å². The average Bonchev–Trinajstić information content (AvgIpc) is 1.98. The molecule has 0 aromatic rings. The number of hydrogen-bond acceptors (Lipinski definition) is 2. The second-order valence-electron chi connectivity index (χ2n) is 3.73. The molecular formula is C9H19NO2. The molecule has 0 saturated carbocycles. The third kappa shape index (κ3) is 2.81. The van der Waals surface area contributed by atoms with E-state index in [-0.39, 0.29) is 11.9 Å². The summed E-state index contributed by atoms with van der Waals surface area (Å²) in [5.74, 6) is -0.225. The Morgan fingerprint density at radius 1 is 1.58 bits per heavy atom. The molecule has 0 aliphatic heterocycles. The van der Waals surface area contributed by atoms with Gasteiger partial charge in [-0.1, -0.05) is 6.92 Å². The van der Waals surface area contributed by atoms with E-state index in [1.54, 1.807) is 11.9 Å². The number of carbonyl (C=O) groups excluding carboxylic acids is 1. The lowest BCUT2D eigenvalue weighted by atomic mass is 10.1. The molecule has 0 radical (unpaired) electrons. The van der Waals surface area contributed by atoms with Crippen LogP contribution in [0.15, 0.2) is 0 Å². The van der Waals surface area contributed by atoms with Crippen molar-refractivity contribution in [3.63, 3.8) is 0 Å². The topological polar surface area (TPSA) is 40.5 Å². The normalized spacial score (nSPS) is 14.2. The van der Waals surface area contributed by atoms with Crippen molar-refractivity contribution in [2.45, 2.75) is 45.8 Å². The van der Waals surface area contributed by atoms with Gasteiger partial charge in [0.2, 0.25) is 0 Å². The highest BCUT2D eigenvalue weighted by Crippen LogP contribution is 2.10. The van der Waals surface area contributed by atoms with Gasteiger partial charge in [0, 0.05) is 13.1 Å². The Morgan fingerprint density at radius 2 is 2.00 bits per heavy atom. The van der Waals surface area contributed by atoms with Crippen LogP contribution < -0.4 is 0 Å². The van der Waals surface area contributed by atoms with Crippen molar-refractivity contribution in [1.82, 2.24) is 4.90 Å². The summed E-state index contributed by atoms with van der Waals surface area (Å²) in [6.07, 6.45) is 0.901. The van der Waals surface area contributed by atoms with E-state index in [0.29, 0.717) is 0 Å². The van der Waals surface area contributed by atoms with Crippen LogP contribution in [0, 0.1) is 0 Å². The number of hydrogen-bond donors (Lipinski definition) is 1. The molecule has 0 fully saturated rings. The van der Waals surface area contributed by atoms with Gasteiger partial charge < -0.3 is 10.0 Å². The Morgan fingerprint density at radius 3 is 2.25 bits per heavy atom. The Kier molecular flexibility index (Phi) is 3.71. The molecule has 0 aromatic heterocycles. The van der Waals surface area contributed by atoms with Crippen LogP contribution in [0.3, 0.4) is 0 Å². The highest BCUT2D eigenvalue weighted by Gasteiger charge is 2.28. The molecule has 0 spiro atoms. The van der Waals surface area contributed by atoms with Crippen LogP contribution in [0.4, 0.5) is 0 Å². The number of carbonyl (C=O) groups is 1. The van der Waals surface area contributed by atoms with Gasteiger partial charge >= 0.3 is 0 Å². The highest BCUT2D eigenvalue weighted by molar-refractivity contribution is 5.84. The fourth-order valence-corrected chi connectivity index (χ4v) is 0.906. The fourth-order valence-electron chi connectivity index (χ4n) is 0.906. The molecule has 0 heterocycles.